The van der Waals surface area contributed by atoms with Crippen molar-refractivity contribution in [2.24, 2.45) is 0 Å². The van der Waals surface area contributed by atoms with Crippen molar-refractivity contribution in [1.29, 1.82) is 0 Å². The van der Waals surface area contributed by atoms with Crippen molar-refractivity contribution >= 4 is 11.5 Å². The summed E-state index contributed by atoms with van der Waals surface area (Å²) in [4.78, 5) is 3.58. The third-order valence-corrected chi connectivity index (χ3v) is 3.94. The Bertz CT molecular complexity index is 677. The molecule has 0 bridgehead atoms. The highest BCUT2D eigenvalue weighted by atomic mass is 16.5. The third-order valence-electron chi connectivity index (χ3n) is 3.94. The molecular formula is C16H17N3O2. The minimum Gasteiger partial charge on any atom is -0.508 e. The second-order valence-corrected chi connectivity index (χ2v) is 5.21. The fourth-order valence-electron chi connectivity index (χ4n) is 2.79. The number of rotatable bonds is 2. The van der Waals surface area contributed by atoms with Gasteiger partial charge in [-0.1, -0.05) is 6.57 Å². The summed E-state index contributed by atoms with van der Waals surface area (Å²) in [5.41, 5.74) is 8.60. The molecule has 1 aliphatic rings. The molecule has 1 fully saturated rings. The van der Waals surface area contributed by atoms with Crippen LogP contribution in [0.4, 0.5) is 11.5 Å². The fourth-order valence-corrected chi connectivity index (χ4v) is 2.79. The molecule has 1 aromatic carbocycles. The van der Waals surface area contributed by atoms with Crippen molar-refractivity contribution in [1.82, 2.24) is 4.57 Å². The number of phenolic OH excluding ortho intramolecular Hbond substituents is 1. The summed E-state index contributed by atoms with van der Waals surface area (Å²) in [6.45, 7) is 8.87. The SMILES string of the molecule is [C-]#[N+]c1c(N)c(C2CCOCC2)cn1-c1ccc(O)cc1. The van der Waals surface area contributed by atoms with Gasteiger partial charge >= 0.3 is 0 Å². The Labute approximate surface area is 123 Å². The van der Waals surface area contributed by atoms with Crippen LogP contribution in [-0.2, 0) is 4.74 Å². The maximum absolute atomic E-state index is 9.39. The standard InChI is InChI=1S/C16H17N3O2/c1-18-16-15(17)14(11-6-8-21-9-7-11)10-19(16)12-2-4-13(20)5-3-12/h2-5,10-11,20H,6-9,17H2. The maximum atomic E-state index is 9.39. The number of nitrogen functional groups attached to an aromatic ring is 1. The van der Waals surface area contributed by atoms with E-state index < -0.39 is 0 Å². The van der Waals surface area contributed by atoms with Crippen molar-refractivity contribution in [2.45, 2.75) is 18.8 Å². The number of nitrogens with two attached hydrogens (primary N) is 1. The molecule has 3 N–H and O–H groups in total. The van der Waals surface area contributed by atoms with E-state index in [-0.39, 0.29) is 5.75 Å². The number of hydrogen-bond acceptors (Lipinski definition) is 3. The molecule has 0 atom stereocenters. The average Bonchev–Trinajstić information content (AvgIpc) is 2.85. The van der Waals surface area contributed by atoms with Crippen LogP contribution in [0.5, 0.6) is 5.75 Å². The first-order valence-corrected chi connectivity index (χ1v) is 6.96. The van der Waals surface area contributed by atoms with Crippen LogP contribution in [0.25, 0.3) is 10.5 Å². The first-order chi connectivity index (χ1) is 10.2. The van der Waals surface area contributed by atoms with E-state index in [9.17, 15) is 5.11 Å². The largest absolute Gasteiger partial charge is 0.508 e. The number of aromatic hydroxyl groups is 1. The number of benzene rings is 1. The molecule has 0 spiro atoms. The maximum Gasteiger partial charge on any atom is 0.258 e. The van der Waals surface area contributed by atoms with Gasteiger partial charge in [0.05, 0.1) is 11.9 Å². The van der Waals surface area contributed by atoms with Crippen LogP contribution in [0.3, 0.4) is 0 Å². The smallest absolute Gasteiger partial charge is 0.258 e. The Balaban J connectivity index is 2.05. The molecule has 1 saturated heterocycles. The predicted octanol–water partition coefficient (Wildman–Crippen LogP) is 3.21. The summed E-state index contributed by atoms with van der Waals surface area (Å²) in [6, 6.07) is 6.76. The van der Waals surface area contributed by atoms with Crippen LogP contribution in [0.2, 0.25) is 0 Å². The molecule has 2 heterocycles. The molecule has 108 valence electrons. The lowest BCUT2D eigenvalue weighted by Crippen LogP contribution is -2.14. The average molecular weight is 283 g/mol. The summed E-state index contributed by atoms with van der Waals surface area (Å²) in [7, 11) is 0. The molecule has 3 rings (SSSR count). The second-order valence-electron chi connectivity index (χ2n) is 5.21. The van der Waals surface area contributed by atoms with Crippen LogP contribution in [-0.4, -0.2) is 22.9 Å². The topological polar surface area (TPSA) is 64.8 Å². The third kappa shape index (κ3) is 2.46. The van der Waals surface area contributed by atoms with Crippen molar-refractivity contribution < 1.29 is 9.84 Å². The predicted molar refractivity (Wildman–Crippen MR) is 80.9 cm³/mol. The van der Waals surface area contributed by atoms with Gasteiger partial charge in [0.1, 0.15) is 11.4 Å². The Morgan fingerprint density at radius 3 is 2.52 bits per heavy atom. The van der Waals surface area contributed by atoms with Crippen LogP contribution in [0.15, 0.2) is 30.5 Å². The number of anilines is 1. The quantitative estimate of drug-likeness (QED) is 0.832. The second kappa shape index (κ2) is 5.51. The lowest BCUT2D eigenvalue weighted by atomic mass is 9.93. The van der Waals surface area contributed by atoms with Gasteiger partial charge < -0.3 is 20.4 Å². The molecule has 21 heavy (non-hydrogen) atoms. The van der Waals surface area contributed by atoms with Crippen molar-refractivity contribution in [3.8, 4) is 11.4 Å². The zero-order valence-corrected chi connectivity index (χ0v) is 11.6. The van der Waals surface area contributed by atoms with Gasteiger partial charge in [0.15, 0.2) is 0 Å². The Hall–Kier alpha value is -2.45. The van der Waals surface area contributed by atoms with Gasteiger partial charge in [-0.05, 0) is 43.0 Å². The normalized spacial score (nSPS) is 15.8. The summed E-state index contributed by atoms with van der Waals surface area (Å²) >= 11 is 0. The van der Waals surface area contributed by atoms with Gasteiger partial charge in [0, 0.05) is 18.8 Å². The van der Waals surface area contributed by atoms with Gasteiger partial charge in [0.25, 0.3) is 5.82 Å². The molecule has 2 aromatic rings. The monoisotopic (exact) mass is 283 g/mol. The van der Waals surface area contributed by atoms with Crippen LogP contribution in [0, 0.1) is 6.57 Å². The van der Waals surface area contributed by atoms with E-state index in [0.717, 1.165) is 37.3 Å². The molecule has 1 aromatic heterocycles. The summed E-state index contributed by atoms with van der Waals surface area (Å²) < 4.78 is 7.18. The van der Waals surface area contributed by atoms with E-state index in [1.165, 1.54) is 0 Å². The number of phenols is 1. The minimum atomic E-state index is 0.202. The van der Waals surface area contributed by atoms with E-state index in [4.69, 9.17) is 17.0 Å². The number of hydrogen-bond donors (Lipinski definition) is 2. The van der Waals surface area contributed by atoms with Crippen molar-refractivity contribution in [3.05, 3.63) is 47.4 Å². The first-order valence-electron chi connectivity index (χ1n) is 6.96. The lowest BCUT2D eigenvalue weighted by Gasteiger charge is -2.21. The number of ether oxygens (including phenoxy) is 1. The van der Waals surface area contributed by atoms with Gasteiger partial charge in [-0.25, -0.2) is 0 Å². The highest BCUT2D eigenvalue weighted by Gasteiger charge is 2.24. The van der Waals surface area contributed by atoms with Crippen LogP contribution >= 0.6 is 0 Å². The molecule has 5 heteroatoms. The van der Waals surface area contributed by atoms with Gasteiger partial charge in [-0.3, -0.25) is 4.57 Å². The summed E-state index contributed by atoms with van der Waals surface area (Å²) in [5, 5.41) is 9.39. The molecule has 0 aliphatic carbocycles. The van der Waals surface area contributed by atoms with E-state index >= 15 is 0 Å². The molecule has 0 radical (unpaired) electrons. The zero-order valence-electron chi connectivity index (χ0n) is 11.6. The highest BCUT2D eigenvalue weighted by Crippen LogP contribution is 2.39. The van der Waals surface area contributed by atoms with Gasteiger partial charge in [-0.2, -0.15) is 0 Å². The Morgan fingerprint density at radius 1 is 1.24 bits per heavy atom. The van der Waals surface area contributed by atoms with Gasteiger partial charge in [-0.15, -0.1) is 0 Å². The number of aromatic nitrogens is 1. The van der Waals surface area contributed by atoms with E-state index in [1.807, 2.05) is 6.20 Å². The molecule has 0 saturated carbocycles. The molecule has 0 unspecified atom stereocenters. The Morgan fingerprint density at radius 2 is 1.90 bits per heavy atom. The van der Waals surface area contributed by atoms with E-state index in [2.05, 4.69) is 4.85 Å². The molecular weight excluding hydrogens is 266 g/mol. The minimum absolute atomic E-state index is 0.202. The van der Waals surface area contributed by atoms with Crippen molar-refractivity contribution in [2.75, 3.05) is 18.9 Å². The zero-order chi connectivity index (χ0) is 14.8. The van der Waals surface area contributed by atoms with E-state index in [0.29, 0.717) is 17.4 Å². The summed E-state index contributed by atoms with van der Waals surface area (Å²) in [6.07, 6.45) is 3.81. The molecule has 1 aliphatic heterocycles. The lowest BCUT2D eigenvalue weighted by molar-refractivity contribution is 0.0855. The number of nitrogens with zero attached hydrogens (tertiary/aromatic N) is 2. The van der Waals surface area contributed by atoms with Crippen LogP contribution < -0.4 is 5.73 Å². The van der Waals surface area contributed by atoms with Crippen molar-refractivity contribution in [3.63, 3.8) is 0 Å². The molecule has 5 nitrogen and oxygen atoms in total. The highest BCUT2D eigenvalue weighted by molar-refractivity contribution is 5.72. The van der Waals surface area contributed by atoms with E-state index in [1.54, 1.807) is 28.8 Å². The Kier molecular flexibility index (Phi) is 3.55. The fraction of sp³-hybridized carbons (Fsp3) is 0.312. The van der Waals surface area contributed by atoms with Crippen LogP contribution in [0.1, 0.15) is 24.3 Å². The first kappa shape index (κ1) is 13.5. The molecule has 0 amide bonds. The summed E-state index contributed by atoms with van der Waals surface area (Å²) in [5.74, 6) is 0.979. The van der Waals surface area contributed by atoms with Gasteiger partial charge in [0.2, 0.25) is 0 Å².